The van der Waals surface area contributed by atoms with Crippen molar-refractivity contribution in [3.8, 4) is 5.75 Å². The highest BCUT2D eigenvalue weighted by molar-refractivity contribution is 6.37. The van der Waals surface area contributed by atoms with Crippen LogP contribution in [0.3, 0.4) is 0 Å². The van der Waals surface area contributed by atoms with Gasteiger partial charge in [0.15, 0.2) is 5.75 Å². The third-order valence-electron chi connectivity index (χ3n) is 2.53. The lowest BCUT2D eigenvalue weighted by molar-refractivity contribution is -0.137. The second kappa shape index (κ2) is 7.97. The van der Waals surface area contributed by atoms with E-state index < -0.39 is 5.97 Å². The fraction of sp³-hybridized carbons (Fsp3) is 0.385. The minimum atomic E-state index is -0.862. The predicted octanol–water partition coefficient (Wildman–Crippen LogP) is 3.59. The molecule has 0 spiro atoms. The number of aliphatic carboxylic acids is 1. The van der Waals surface area contributed by atoms with E-state index in [2.05, 4.69) is 5.32 Å². The summed E-state index contributed by atoms with van der Waals surface area (Å²) in [5.74, 6) is -0.723. The molecule has 7 heteroatoms. The number of carbonyl (C=O) groups excluding carboxylic acids is 1. The Morgan fingerprint density at radius 1 is 1.20 bits per heavy atom. The first-order valence-corrected chi connectivity index (χ1v) is 6.74. The third-order valence-corrected chi connectivity index (χ3v) is 3.09. The van der Waals surface area contributed by atoms with Gasteiger partial charge >= 0.3 is 5.97 Å². The number of carbonyl (C=O) groups is 2. The molecule has 0 unspecified atom stereocenters. The molecule has 110 valence electrons. The first kappa shape index (κ1) is 16.6. The first-order chi connectivity index (χ1) is 9.43. The Bertz CT molecular complexity index is 482. The lowest BCUT2D eigenvalue weighted by Crippen LogP contribution is -2.11. The van der Waals surface area contributed by atoms with E-state index in [9.17, 15) is 9.59 Å². The summed E-state index contributed by atoms with van der Waals surface area (Å²) in [5, 5.41) is 11.7. The number of hydrogen-bond donors (Lipinski definition) is 2. The highest BCUT2D eigenvalue weighted by Gasteiger charge is 2.10. The molecule has 5 nitrogen and oxygen atoms in total. The summed E-state index contributed by atoms with van der Waals surface area (Å²) in [4.78, 5) is 22.0. The van der Waals surface area contributed by atoms with Gasteiger partial charge in [0.25, 0.3) is 0 Å². The summed E-state index contributed by atoms with van der Waals surface area (Å²) >= 11 is 11.9. The molecule has 0 heterocycles. The van der Waals surface area contributed by atoms with Crippen LogP contribution in [0.1, 0.15) is 25.7 Å². The summed E-state index contributed by atoms with van der Waals surface area (Å²) in [6.45, 7) is 0. The molecule has 0 aliphatic heterocycles. The van der Waals surface area contributed by atoms with Gasteiger partial charge in [-0.3, -0.25) is 9.59 Å². The van der Waals surface area contributed by atoms with E-state index in [0.717, 1.165) is 0 Å². The number of unbranched alkanes of at least 4 members (excludes halogenated alkanes) is 1. The summed E-state index contributed by atoms with van der Waals surface area (Å²) in [7, 11) is 1.45. The SMILES string of the molecule is COc1c(Cl)cc(NC(=O)CCCCC(=O)O)cc1Cl. The molecule has 1 aromatic rings. The standard InChI is InChI=1S/C13H15Cl2NO4/c1-20-13-9(14)6-8(7-10(13)15)16-11(17)4-2-3-5-12(18)19/h6-7H,2-5H2,1H3,(H,16,17)(H,18,19). The van der Waals surface area contributed by atoms with E-state index in [4.69, 9.17) is 33.0 Å². The second-order valence-electron chi connectivity index (χ2n) is 4.12. The second-order valence-corrected chi connectivity index (χ2v) is 4.94. The number of amides is 1. The maximum Gasteiger partial charge on any atom is 0.303 e. The van der Waals surface area contributed by atoms with Crippen LogP contribution in [-0.4, -0.2) is 24.1 Å². The number of carboxylic acids is 1. The normalized spacial score (nSPS) is 10.2. The van der Waals surface area contributed by atoms with Gasteiger partial charge in [0.2, 0.25) is 5.91 Å². The summed E-state index contributed by atoms with van der Waals surface area (Å²) in [6.07, 6.45) is 1.28. The fourth-order valence-corrected chi connectivity index (χ4v) is 2.25. The molecule has 2 N–H and O–H groups in total. The number of hydrogen-bond acceptors (Lipinski definition) is 3. The van der Waals surface area contributed by atoms with Gasteiger partial charge in [-0.1, -0.05) is 23.2 Å². The molecular formula is C13H15Cl2NO4. The van der Waals surface area contributed by atoms with E-state index >= 15 is 0 Å². The van der Waals surface area contributed by atoms with Crippen LogP contribution >= 0.6 is 23.2 Å². The molecule has 0 atom stereocenters. The van der Waals surface area contributed by atoms with Gasteiger partial charge in [-0.15, -0.1) is 0 Å². The van der Waals surface area contributed by atoms with Crippen molar-refractivity contribution in [2.75, 3.05) is 12.4 Å². The molecule has 0 aliphatic rings. The van der Waals surface area contributed by atoms with E-state index in [1.54, 1.807) is 12.1 Å². The molecule has 1 rings (SSSR count). The topological polar surface area (TPSA) is 75.6 Å². The summed E-state index contributed by atoms with van der Waals surface area (Å²) in [5.41, 5.74) is 0.476. The van der Waals surface area contributed by atoms with Crippen molar-refractivity contribution in [2.45, 2.75) is 25.7 Å². The van der Waals surface area contributed by atoms with Crippen molar-refractivity contribution in [2.24, 2.45) is 0 Å². The molecule has 0 bridgehead atoms. The Morgan fingerprint density at radius 3 is 2.25 bits per heavy atom. The zero-order chi connectivity index (χ0) is 15.1. The Morgan fingerprint density at radius 2 is 1.75 bits per heavy atom. The van der Waals surface area contributed by atoms with Gasteiger partial charge in [-0.05, 0) is 25.0 Å². The van der Waals surface area contributed by atoms with Gasteiger partial charge in [0.05, 0.1) is 17.2 Å². The molecule has 0 saturated carbocycles. The average molecular weight is 320 g/mol. The monoisotopic (exact) mass is 319 g/mol. The van der Waals surface area contributed by atoms with E-state index in [-0.39, 0.29) is 18.7 Å². The molecule has 0 radical (unpaired) electrons. The van der Waals surface area contributed by atoms with E-state index in [0.29, 0.717) is 34.3 Å². The Kier molecular flexibility index (Phi) is 6.61. The lowest BCUT2D eigenvalue weighted by Gasteiger charge is -2.10. The summed E-state index contributed by atoms with van der Waals surface area (Å²) < 4.78 is 5.01. The van der Waals surface area contributed by atoms with Crippen LogP contribution in [0.4, 0.5) is 5.69 Å². The molecule has 0 fully saturated rings. The largest absolute Gasteiger partial charge is 0.494 e. The molecule has 20 heavy (non-hydrogen) atoms. The molecule has 1 amide bonds. The van der Waals surface area contributed by atoms with E-state index in [1.807, 2.05) is 0 Å². The van der Waals surface area contributed by atoms with Crippen LogP contribution in [0.15, 0.2) is 12.1 Å². The van der Waals surface area contributed by atoms with Crippen LogP contribution in [0.5, 0.6) is 5.75 Å². The van der Waals surface area contributed by atoms with Crippen molar-refractivity contribution >= 4 is 40.8 Å². The Hall–Kier alpha value is -1.46. The number of rotatable bonds is 7. The number of methoxy groups -OCH3 is 1. The van der Waals surface area contributed by atoms with Crippen LogP contribution in [0, 0.1) is 0 Å². The van der Waals surface area contributed by atoms with Crippen molar-refractivity contribution in [3.05, 3.63) is 22.2 Å². The fourth-order valence-electron chi connectivity index (χ4n) is 1.61. The number of nitrogens with one attached hydrogen (secondary N) is 1. The smallest absolute Gasteiger partial charge is 0.303 e. The highest BCUT2D eigenvalue weighted by Crippen LogP contribution is 2.35. The first-order valence-electron chi connectivity index (χ1n) is 5.98. The summed E-state index contributed by atoms with van der Waals surface area (Å²) in [6, 6.07) is 3.09. The predicted molar refractivity (Wildman–Crippen MR) is 77.7 cm³/mol. The van der Waals surface area contributed by atoms with Gasteiger partial charge in [-0.25, -0.2) is 0 Å². The number of halogens is 2. The van der Waals surface area contributed by atoms with Gasteiger partial charge in [-0.2, -0.15) is 0 Å². The number of anilines is 1. The van der Waals surface area contributed by atoms with Crippen LogP contribution in [-0.2, 0) is 9.59 Å². The minimum Gasteiger partial charge on any atom is -0.494 e. The van der Waals surface area contributed by atoms with E-state index in [1.165, 1.54) is 7.11 Å². The van der Waals surface area contributed by atoms with Crippen LogP contribution < -0.4 is 10.1 Å². The molecule has 0 saturated heterocycles. The minimum absolute atomic E-state index is 0.0630. The number of carboxylic acid groups (broad SMARTS) is 1. The van der Waals surface area contributed by atoms with Crippen molar-refractivity contribution in [1.82, 2.24) is 0 Å². The molecule has 0 aromatic heterocycles. The maximum absolute atomic E-state index is 11.7. The van der Waals surface area contributed by atoms with Gasteiger partial charge < -0.3 is 15.2 Å². The zero-order valence-corrected chi connectivity index (χ0v) is 12.4. The average Bonchev–Trinajstić information content (AvgIpc) is 2.34. The van der Waals surface area contributed by atoms with Crippen molar-refractivity contribution in [3.63, 3.8) is 0 Å². The zero-order valence-electron chi connectivity index (χ0n) is 10.9. The molecule has 0 aliphatic carbocycles. The lowest BCUT2D eigenvalue weighted by atomic mass is 10.2. The maximum atomic E-state index is 11.7. The third kappa shape index (κ3) is 5.27. The molecular weight excluding hydrogens is 305 g/mol. The highest BCUT2D eigenvalue weighted by atomic mass is 35.5. The van der Waals surface area contributed by atoms with Gasteiger partial charge in [0, 0.05) is 18.5 Å². The Balaban J connectivity index is 2.52. The van der Waals surface area contributed by atoms with Crippen molar-refractivity contribution < 1.29 is 19.4 Å². The molecule has 1 aromatic carbocycles. The van der Waals surface area contributed by atoms with Gasteiger partial charge in [0.1, 0.15) is 0 Å². The van der Waals surface area contributed by atoms with Crippen LogP contribution in [0.2, 0.25) is 10.0 Å². The number of ether oxygens (including phenoxy) is 1. The number of benzene rings is 1. The van der Waals surface area contributed by atoms with Crippen molar-refractivity contribution in [1.29, 1.82) is 0 Å². The quantitative estimate of drug-likeness (QED) is 0.753. The Labute approximate surface area is 126 Å². The van der Waals surface area contributed by atoms with Crippen LogP contribution in [0.25, 0.3) is 0 Å².